The van der Waals surface area contributed by atoms with E-state index in [1.54, 1.807) is 20.4 Å². The Morgan fingerprint density at radius 3 is 2.67 bits per heavy atom. The van der Waals surface area contributed by atoms with Crippen molar-refractivity contribution in [2.24, 2.45) is 5.10 Å². The number of hydrazone groups is 1. The van der Waals surface area contributed by atoms with Crippen LogP contribution in [0.25, 0.3) is 0 Å². The molecule has 1 rings (SSSR count). The van der Waals surface area contributed by atoms with Crippen LogP contribution in [-0.4, -0.2) is 38.7 Å². The van der Waals surface area contributed by atoms with Crippen molar-refractivity contribution in [2.45, 2.75) is 0 Å². The van der Waals surface area contributed by atoms with E-state index in [0.29, 0.717) is 18.3 Å². The van der Waals surface area contributed by atoms with Crippen LogP contribution < -0.4 is 15.5 Å². The summed E-state index contributed by atoms with van der Waals surface area (Å²) in [6.45, 7) is 1.25. The lowest BCUT2D eigenvalue weighted by atomic mass is 10.2. The van der Waals surface area contributed by atoms with Crippen LogP contribution in [0.5, 0.6) is 5.75 Å². The van der Waals surface area contributed by atoms with E-state index in [2.05, 4.69) is 15.8 Å². The van der Waals surface area contributed by atoms with Crippen molar-refractivity contribution in [2.75, 3.05) is 27.4 Å². The van der Waals surface area contributed by atoms with E-state index in [1.165, 1.54) is 0 Å². The molecule has 0 aliphatic rings. The van der Waals surface area contributed by atoms with Gasteiger partial charge in [-0.1, -0.05) is 0 Å². The SMILES string of the molecule is COCCNC(=S)NN=Cc1ccc(OC)cc1. The monoisotopic (exact) mass is 267 g/mol. The first-order valence-electron chi connectivity index (χ1n) is 5.46. The van der Waals surface area contributed by atoms with E-state index < -0.39 is 0 Å². The third-order valence-corrected chi connectivity index (χ3v) is 2.32. The first kappa shape index (κ1) is 14.4. The Bertz CT molecular complexity index is 393. The van der Waals surface area contributed by atoms with Gasteiger partial charge in [-0.25, -0.2) is 0 Å². The van der Waals surface area contributed by atoms with Crippen molar-refractivity contribution in [3.8, 4) is 5.75 Å². The van der Waals surface area contributed by atoms with Gasteiger partial charge in [0.15, 0.2) is 5.11 Å². The fourth-order valence-electron chi connectivity index (χ4n) is 1.16. The summed E-state index contributed by atoms with van der Waals surface area (Å²) < 4.78 is 9.95. The van der Waals surface area contributed by atoms with Crippen molar-refractivity contribution in [3.63, 3.8) is 0 Å². The number of nitrogens with zero attached hydrogens (tertiary/aromatic N) is 1. The summed E-state index contributed by atoms with van der Waals surface area (Å²) in [5, 5.41) is 7.43. The number of thiocarbonyl (C=S) groups is 1. The highest BCUT2D eigenvalue weighted by molar-refractivity contribution is 7.80. The zero-order valence-electron chi connectivity index (χ0n) is 10.5. The molecule has 0 saturated carbocycles. The number of methoxy groups -OCH3 is 2. The van der Waals surface area contributed by atoms with E-state index in [0.717, 1.165) is 11.3 Å². The predicted octanol–water partition coefficient (Wildman–Crippen LogP) is 1.14. The van der Waals surface area contributed by atoms with Gasteiger partial charge >= 0.3 is 0 Å². The van der Waals surface area contributed by atoms with Gasteiger partial charge < -0.3 is 14.8 Å². The normalized spacial score (nSPS) is 10.3. The van der Waals surface area contributed by atoms with Crippen molar-refractivity contribution in [1.82, 2.24) is 10.7 Å². The third kappa shape index (κ3) is 5.60. The molecule has 98 valence electrons. The van der Waals surface area contributed by atoms with Gasteiger partial charge in [-0.15, -0.1) is 0 Å². The zero-order chi connectivity index (χ0) is 13.2. The molecule has 0 aliphatic heterocycles. The number of nitrogens with one attached hydrogen (secondary N) is 2. The topological polar surface area (TPSA) is 54.9 Å². The third-order valence-electron chi connectivity index (χ3n) is 2.09. The van der Waals surface area contributed by atoms with E-state index in [9.17, 15) is 0 Å². The van der Waals surface area contributed by atoms with Crippen LogP contribution in [0.15, 0.2) is 29.4 Å². The molecule has 0 bridgehead atoms. The lowest BCUT2D eigenvalue weighted by molar-refractivity contribution is 0.204. The summed E-state index contributed by atoms with van der Waals surface area (Å²) in [5.74, 6) is 0.817. The molecule has 0 saturated heterocycles. The second-order valence-corrected chi connectivity index (χ2v) is 3.80. The largest absolute Gasteiger partial charge is 0.497 e. The molecule has 0 amide bonds. The molecule has 0 fully saturated rings. The molecule has 0 radical (unpaired) electrons. The Morgan fingerprint density at radius 2 is 2.06 bits per heavy atom. The molecule has 1 aromatic carbocycles. The van der Waals surface area contributed by atoms with Crippen LogP contribution in [0.1, 0.15) is 5.56 Å². The van der Waals surface area contributed by atoms with E-state index in [1.807, 2.05) is 24.3 Å². The minimum atomic E-state index is 0.469. The van der Waals surface area contributed by atoms with E-state index >= 15 is 0 Å². The summed E-state index contributed by atoms with van der Waals surface area (Å²) in [6, 6.07) is 7.56. The molecule has 6 heteroatoms. The highest BCUT2D eigenvalue weighted by Gasteiger charge is 1.92. The fraction of sp³-hybridized carbons (Fsp3) is 0.333. The highest BCUT2D eigenvalue weighted by Crippen LogP contribution is 2.09. The number of rotatable bonds is 6. The van der Waals surface area contributed by atoms with Crippen molar-refractivity contribution in [3.05, 3.63) is 29.8 Å². The number of benzene rings is 1. The Labute approximate surface area is 112 Å². The van der Waals surface area contributed by atoms with Crippen LogP contribution in [-0.2, 0) is 4.74 Å². The Kier molecular flexibility index (Phi) is 6.75. The van der Waals surface area contributed by atoms with Crippen LogP contribution in [0.3, 0.4) is 0 Å². The molecule has 18 heavy (non-hydrogen) atoms. The van der Waals surface area contributed by atoms with Gasteiger partial charge in [0, 0.05) is 13.7 Å². The van der Waals surface area contributed by atoms with Gasteiger partial charge in [0.2, 0.25) is 0 Å². The summed E-state index contributed by atoms with van der Waals surface area (Å²) in [6.07, 6.45) is 1.68. The minimum absolute atomic E-state index is 0.469. The zero-order valence-corrected chi connectivity index (χ0v) is 11.3. The van der Waals surface area contributed by atoms with Crippen molar-refractivity contribution < 1.29 is 9.47 Å². The fourth-order valence-corrected chi connectivity index (χ4v) is 1.32. The van der Waals surface area contributed by atoms with Crippen LogP contribution in [0.4, 0.5) is 0 Å². The smallest absolute Gasteiger partial charge is 0.187 e. The van der Waals surface area contributed by atoms with Gasteiger partial charge in [-0.2, -0.15) is 5.10 Å². The van der Waals surface area contributed by atoms with Gasteiger partial charge in [-0.05, 0) is 42.0 Å². The standard InChI is InChI=1S/C12H17N3O2S/c1-16-8-7-13-12(18)15-14-9-10-3-5-11(17-2)6-4-10/h3-6,9H,7-8H2,1-2H3,(H2,13,15,18). The lowest BCUT2D eigenvalue weighted by Crippen LogP contribution is -2.34. The molecule has 0 atom stereocenters. The van der Waals surface area contributed by atoms with Crippen LogP contribution in [0, 0.1) is 0 Å². The minimum Gasteiger partial charge on any atom is -0.497 e. The Balaban J connectivity index is 2.32. The summed E-state index contributed by atoms with van der Waals surface area (Å²) >= 11 is 5.01. The highest BCUT2D eigenvalue weighted by atomic mass is 32.1. The molecule has 0 unspecified atom stereocenters. The van der Waals surface area contributed by atoms with Crippen LogP contribution in [0.2, 0.25) is 0 Å². The predicted molar refractivity (Wildman–Crippen MR) is 76.2 cm³/mol. The Hall–Kier alpha value is -1.66. The quantitative estimate of drug-likeness (QED) is 0.350. The molecular formula is C12H17N3O2S. The molecule has 1 aromatic rings. The van der Waals surface area contributed by atoms with Gasteiger partial charge in [0.1, 0.15) is 5.75 Å². The maximum absolute atomic E-state index is 5.06. The van der Waals surface area contributed by atoms with Crippen molar-refractivity contribution in [1.29, 1.82) is 0 Å². The average Bonchev–Trinajstić information content (AvgIpc) is 2.40. The van der Waals surface area contributed by atoms with E-state index in [4.69, 9.17) is 21.7 Å². The van der Waals surface area contributed by atoms with Crippen molar-refractivity contribution >= 4 is 23.5 Å². The van der Waals surface area contributed by atoms with Gasteiger partial charge in [0.25, 0.3) is 0 Å². The molecule has 0 aliphatic carbocycles. The van der Waals surface area contributed by atoms with Gasteiger partial charge in [0.05, 0.1) is 19.9 Å². The number of hydrogen-bond acceptors (Lipinski definition) is 4. The average molecular weight is 267 g/mol. The molecule has 5 nitrogen and oxygen atoms in total. The second-order valence-electron chi connectivity index (χ2n) is 3.39. The maximum atomic E-state index is 5.06. The summed E-state index contributed by atoms with van der Waals surface area (Å²) in [5.41, 5.74) is 3.68. The first-order valence-corrected chi connectivity index (χ1v) is 5.87. The number of ether oxygens (including phenoxy) is 2. The lowest BCUT2D eigenvalue weighted by Gasteiger charge is -2.05. The molecule has 0 spiro atoms. The van der Waals surface area contributed by atoms with Gasteiger partial charge in [-0.3, -0.25) is 5.43 Å². The first-order chi connectivity index (χ1) is 8.76. The maximum Gasteiger partial charge on any atom is 0.187 e. The summed E-state index contributed by atoms with van der Waals surface area (Å²) in [7, 11) is 3.27. The van der Waals surface area contributed by atoms with Crippen LogP contribution >= 0.6 is 12.2 Å². The molecule has 0 aromatic heterocycles. The number of hydrogen-bond donors (Lipinski definition) is 2. The summed E-state index contributed by atoms with van der Waals surface area (Å²) in [4.78, 5) is 0. The molecule has 2 N–H and O–H groups in total. The molecule has 0 heterocycles. The molecular weight excluding hydrogens is 250 g/mol. The second kappa shape index (κ2) is 8.43. The van der Waals surface area contributed by atoms with E-state index in [-0.39, 0.29) is 0 Å². The Morgan fingerprint density at radius 1 is 1.33 bits per heavy atom.